The summed E-state index contributed by atoms with van der Waals surface area (Å²) in [6, 6.07) is 7.52. The molecule has 0 bridgehead atoms. The molecule has 0 heterocycles. The first-order valence-electron chi connectivity index (χ1n) is 5.60. The summed E-state index contributed by atoms with van der Waals surface area (Å²) in [5, 5.41) is 19.6. The first-order chi connectivity index (χ1) is 9.04. The molecule has 7 nitrogen and oxygen atoms in total. The molecule has 0 saturated carbocycles. The molecule has 0 radical (unpaired) electrons. The normalized spacial score (nSPS) is 13.4. The van der Waals surface area contributed by atoms with E-state index in [1.54, 1.807) is 24.3 Å². The number of amides is 2. The molecule has 1 rings (SSSR count). The second kappa shape index (κ2) is 7.47. The molecule has 1 aromatic rings. The van der Waals surface area contributed by atoms with Gasteiger partial charge in [0.05, 0.1) is 6.61 Å². The number of benzene rings is 1. The van der Waals surface area contributed by atoms with Crippen molar-refractivity contribution < 1.29 is 24.5 Å². The van der Waals surface area contributed by atoms with Crippen molar-refractivity contribution in [2.45, 2.75) is 18.8 Å². The third-order valence-electron chi connectivity index (χ3n) is 2.34. The van der Waals surface area contributed by atoms with Crippen LogP contribution in [0.1, 0.15) is 5.56 Å². The Morgan fingerprint density at radius 3 is 2.53 bits per heavy atom. The SMILES string of the molecule is N[C@H](C(=O)NC(=O)OCc1ccccc1)[C@@H](O)CO. The van der Waals surface area contributed by atoms with Gasteiger partial charge in [0.15, 0.2) is 0 Å². The van der Waals surface area contributed by atoms with Gasteiger partial charge in [0.25, 0.3) is 0 Å². The Kier molecular flexibility index (Phi) is 5.94. The van der Waals surface area contributed by atoms with E-state index in [9.17, 15) is 9.59 Å². The van der Waals surface area contributed by atoms with E-state index < -0.39 is 30.8 Å². The lowest BCUT2D eigenvalue weighted by molar-refractivity contribution is -0.124. The molecule has 1 aromatic carbocycles. The minimum Gasteiger partial charge on any atom is -0.444 e. The summed E-state index contributed by atoms with van der Waals surface area (Å²) in [6.07, 6.45) is -2.39. The van der Waals surface area contributed by atoms with Crippen LogP contribution in [0.3, 0.4) is 0 Å². The molecule has 0 fully saturated rings. The molecule has 0 aliphatic heterocycles. The van der Waals surface area contributed by atoms with Crippen molar-refractivity contribution in [1.82, 2.24) is 5.32 Å². The highest BCUT2D eigenvalue weighted by molar-refractivity contribution is 5.95. The number of nitrogens with one attached hydrogen (secondary N) is 1. The van der Waals surface area contributed by atoms with Crippen molar-refractivity contribution in [2.75, 3.05) is 6.61 Å². The van der Waals surface area contributed by atoms with Crippen molar-refractivity contribution >= 4 is 12.0 Å². The molecule has 104 valence electrons. The number of imide groups is 1. The maximum absolute atomic E-state index is 11.4. The number of rotatable bonds is 5. The molecular formula is C12H16N2O5. The second-order valence-electron chi connectivity index (χ2n) is 3.83. The van der Waals surface area contributed by atoms with Gasteiger partial charge in [-0.3, -0.25) is 10.1 Å². The number of aliphatic hydroxyl groups excluding tert-OH is 2. The summed E-state index contributed by atoms with van der Waals surface area (Å²) in [5.41, 5.74) is 6.07. The average molecular weight is 268 g/mol. The van der Waals surface area contributed by atoms with E-state index in [-0.39, 0.29) is 6.61 Å². The first kappa shape index (κ1) is 15.1. The number of hydrogen-bond acceptors (Lipinski definition) is 6. The number of nitrogens with two attached hydrogens (primary N) is 1. The summed E-state index contributed by atoms with van der Waals surface area (Å²) in [5.74, 6) is -0.917. The van der Waals surface area contributed by atoms with Crippen LogP contribution in [-0.4, -0.2) is 41.0 Å². The van der Waals surface area contributed by atoms with Crippen LogP contribution in [0.5, 0.6) is 0 Å². The average Bonchev–Trinajstić information content (AvgIpc) is 2.44. The van der Waals surface area contributed by atoms with E-state index in [4.69, 9.17) is 20.7 Å². The molecule has 2 amide bonds. The fourth-order valence-corrected chi connectivity index (χ4v) is 1.23. The quantitative estimate of drug-likeness (QED) is 0.550. The zero-order chi connectivity index (χ0) is 14.3. The topological polar surface area (TPSA) is 122 Å². The summed E-state index contributed by atoms with van der Waals surface area (Å²) in [6.45, 7) is -0.661. The van der Waals surface area contributed by atoms with Crippen LogP contribution < -0.4 is 11.1 Å². The monoisotopic (exact) mass is 268 g/mol. The van der Waals surface area contributed by atoms with Gasteiger partial charge in [-0.25, -0.2) is 4.79 Å². The Bertz CT molecular complexity index is 423. The van der Waals surface area contributed by atoms with Crippen molar-refractivity contribution in [2.24, 2.45) is 5.73 Å². The Labute approximate surface area is 110 Å². The summed E-state index contributed by atoms with van der Waals surface area (Å²) < 4.78 is 4.79. The lowest BCUT2D eigenvalue weighted by Gasteiger charge is -2.15. The van der Waals surface area contributed by atoms with E-state index in [2.05, 4.69) is 0 Å². The number of carbonyl (C=O) groups excluding carboxylic acids is 2. The zero-order valence-corrected chi connectivity index (χ0v) is 10.2. The maximum atomic E-state index is 11.4. The molecule has 0 saturated heterocycles. The summed E-state index contributed by atoms with van der Waals surface area (Å²) in [7, 11) is 0. The van der Waals surface area contributed by atoms with Gasteiger partial charge in [0.1, 0.15) is 18.8 Å². The van der Waals surface area contributed by atoms with Crippen molar-refractivity contribution in [3.05, 3.63) is 35.9 Å². The Morgan fingerprint density at radius 1 is 1.32 bits per heavy atom. The molecule has 0 spiro atoms. The number of alkyl carbamates (subject to hydrolysis) is 1. The summed E-state index contributed by atoms with van der Waals surface area (Å²) >= 11 is 0. The third kappa shape index (κ3) is 5.04. The van der Waals surface area contributed by atoms with Crippen LogP contribution >= 0.6 is 0 Å². The third-order valence-corrected chi connectivity index (χ3v) is 2.34. The summed E-state index contributed by atoms with van der Waals surface area (Å²) in [4.78, 5) is 22.6. The fourth-order valence-electron chi connectivity index (χ4n) is 1.23. The number of ether oxygens (including phenoxy) is 1. The van der Waals surface area contributed by atoms with Crippen LogP contribution in [-0.2, 0) is 16.1 Å². The molecule has 5 N–H and O–H groups in total. The Morgan fingerprint density at radius 2 is 1.95 bits per heavy atom. The molecule has 2 atom stereocenters. The minimum absolute atomic E-state index is 0.0117. The number of carbonyl (C=O) groups is 2. The van der Waals surface area contributed by atoms with E-state index in [1.165, 1.54) is 0 Å². The number of aliphatic hydroxyl groups is 2. The van der Waals surface area contributed by atoms with Gasteiger partial charge in [0, 0.05) is 0 Å². The van der Waals surface area contributed by atoms with E-state index >= 15 is 0 Å². The van der Waals surface area contributed by atoms with Crippen LogP contribution in [0, 0.1) is 0 Å². The van der Waals surface area contributed by atoms with Crippen molar-refractivity contribution in [3.63, 3.8) is 0 Å². The standard InChI is InChI=1S/C12H16N2O5/c13-10(9(16)6-15)11(17)14-12(18)19-7-8-4-2-1-3-5-8/h1-5,9-10,15-16H,6-7,13H2,(H,14,17,18)/t9-,10-/m0/s1. The predicted molar refractivity (Wildman–Crippen MR) is 65.8 cm³/mol. The van der Waals surface area contributed by atoms with E-state index in [0.717, 1.165) is 5.56 Å². The van der Waals surface area contributed by atoms with Crippen LogP contribution in [0.4, 0.5) is 4.79 Å². The van der Waals surface area contributed by atoms with Gasteiger partial charge in [-0.1, -0.05) is 30.3 Å². The molecule has 0 aromatic heterocycles. The molecule has 0 aliphatic carbocycles. The van der Waals surface area contributed by atoms with Crippen LogP contribution in [0.25, 0.3) is 0 Å². The second-order valence-corrected chi connectivity index (χ2v) is 3.83. The van der Waals surface area contributed by atoms with Gasteiger partial charge < -0.3 is 20.7 Å². The largest absolute Gasteiger partial charge is 0.444 e. The lowest BCUT2D eigenvalue weighted by atomic mass is 10.2. The van der Waals surface area contributed by atoms with E-state index in [1.807, 2.05) is 11.4 Å². The zero-order valence-electron chi connectivity index (χ0n) is 10.2. The van der Waals surface area contributed by atoms with Gasteiger partial charge in [-0.2, -0.15) is 0 Å². The Hall–Kier alpha value is -1.96. The van der Waals surface area contributed by atoms with Gasteiger partial charge in [-0.15, -0.1) is 0 Å². The molecular weight excluding hydrogens is 252 g/mol. The Balaban J connectivity index is 2.37. The molecule has 0 unspecified atom stereocenters. The van der Waals surface area contributed by atoms with Crippen molar-refractivity contribution in [3.8, 4) is 0 Å². The molecule has 19 heavy (non-hydrogen) atoms. The van der Waals surface area contributed by atoms with Crippen molar-refractivity contribution in [1.29, 1.82) is 0 Å². The van der Waals surface area contributed by atoms with Crippen LogP contribution in [0.2, 0.25) is 0 Å². The van der Waals surface area contributed by atoms with Gasteiger partial charge in [-0.05, 0) is 5.56 Å². The minimum atomic E-state index is -1.43. The number of hydrogen-bond donors (Lipinski definition) is 4. The molecule has 0 aliphatic rings. The first-order valence-corrected chi connectivity index (χ1v) is 5.60. The van der Waals surface area contributed by atoms with Gasteiger partial charge >= 0.3 is 6.09 Å². The molecule has 7 heteroatoms. The highest BCUT2D eigenvalue weighted by Crippen LogP contribution is 2.00. The van der Waals surface area contributed by atoms with Gasteiger partial charge in [0.2, 0.25) is 5.91 Å². The lowest BCUT2D eigenvalue weighted by Crippen LogP contribution is -2.51. The maximum Gasteiger partial charge on any atom is 0.414 e. The van der Waals surface area contributed by atoms with Crippen LogP contribution in [0.15, 0.2) is 30.3 Å². The fraction of sp³-hybridized carbons (Fsp3) is 0.333. The smallest absolute Gasteiger partial charge is 0.414 e. The highest BCUT2D eigenvalue weighted by atomic mass is 16.5. The predicted octanol–water partition coefficient (Wildman–Crippen LogP) is -0.880. The van der Waals surface area contributed by atoms with E-state index in [0.29, 0.717) is 0 Å². The highest BCUT2D eigenvalue weighted by Gasteiger charge is 2.23.